The lowest BCUT2D eigenvalue weighted by atomic mass is 9.65. The smallest absolute Gasteiger partial charge is 0.0742 e. The zero-order valence-electron chi connectivity index (χ0n) is 12.3. The molecule has 1 atom stereocenters. The average molecular weight is 263 g/mol. The van der Waals surface area contributed by atoms with Crippen molar-refractivity contribution in [1.29, 1.82) is 0 Å². The van der Waals surface area contributed by atoms with Gasteiger partial charge in [-0.3, -0.25) is 4.98 Å². The van der Waals surface area contributed by atoms with Crippen LogP contribution in [0, 0.1) is 6.92 Å². The van der Waals surface area contributed by atoms with Crippen LogP contribution >= 0.6 is 0 Å². The number of benzene rings is 1. The van der Waals surface area contributed by atoms with Crippen molar-refractivity contribution >= 4 is 0 Å². The fourth-order valence-electron chi connectivity index (χ4n) is 3.56. The van der Waals surface area contributed by atoms with Crippen LogP contribution in [0.3, 0.4) is 0 Å². The molecule has 0 aliphatic heterocycles. The molecule has 0 radical (unpaired) electrons. The average Bonchev–Trinajstić information content (AvgIpc) is 2.49. The number of rotatable bonds is 3. The SMILES string of the molecule is C=CCC1(CC)Cc2c(C)cccc2-c2ncccc21. The van der Waals surface area contributed by atoms with E-state index in [1.54, 1.807) is 0 Å². The van der Waals surface area contributed by atoms with Gasteiger partial charge in [-0.1, -0.05) is 37.3 Å². The maximum atomic E-state index is 4.69. The predicted octanol–water partition coefficient (Wildman–Crippen LogP) is 4.84. The van der Waals surface area contributed by atoms with Gasteiger partial charge in [0.1, 0.15) is 0 Å². The summed E-state index contributed by atoms with van der Waals surface area (Å²) in [6.45, 7) is 8.47. The molecule has 3 rings (SSSR count). The third-order valence-electron chi connectivity index (χ3n) is 4.77. The first-order valence-electron chi connectivity index (χ1n) is 7.37. The molecular formula is C19H21N. The zero-order chi connectivity index (χ0) is 14.2. The van der Waals surface area contributed by atoms with Gasteiger partial charge in [0.15, 0.2) is 0 Å². The first-order chi connectivity index (χ1) is 9.72. The van der Waals surface area contributed by atoms with Crippen LogP contribution in [0.5, 0.6) is 0 Å². The molecule has 0 saturated heterocycles. The second-order valence-electron chi connectivity index (χ2n) is 5.80. The van der Waals surface area contributed by atoms with Crippen molar-refractivity contribution in [1.82, 2.24) is 4.98 Å². The number of nitrogens with zero attached hydrogens (tertiary/aromatic N) is 1. The van der Waals surface area contributed by atoms with Gasteiger partial charge in [-0.25, -0.2) is 0 Å². The quantitative estimate of drug-likeness (QED) is 0.722. The molecule has 1 aromatic heterocycles. The standard InChI is InChI=1S/C19H21N/c1-4-11-19(5-2)13-16-14(3)8-6-9-15(16)18-17(19)10-7-12-20-18/h4,6-10,12H,1,5,11,13H2,2-3H3. The van der Waals surface area contributed by atoms with Crippen LogP contribution in [0.25, 0.3) is 11.3 Å². The molecule has 1 aliphatic rings. The lowest BCUT2D eigenvalue weighted by Crippen LogP contribution is -2.32. The Bertz CT molecular complexity index is 657. The summed E-state index contributed by atoms with van der Waals surface area (Å²) in [7, 11) is 0. The second-order valence-corrected chi connectivity index (χ2v) is 5.80. The molecule has 20 heavy (non-hydrogen) atoms. The van der Waals surface area contributed by atoms with Crippen molar-refractivity contribution in [2.75, 3.05) is 0 Å². The van der Waals surface area contributed by atoms with E-state index in [-0.39, 0.29) is 5.41 Å². The normalized spacial score (nSPS) is 20.1. The molecule has 2 aromatic rings. The maximum absolute atomic E-state index is 4.69. The van der Waals surface area contributed by atoms with Crippen LogP contribution in [-0.4, -0.2) is 4.98 Å². The van der Waals surface area contributed by atoms with Crippen LogP contribution < -0.4 is 0 Å². The van der Waals surface area contributed by atoms with Gasteiger partial charge in [0.2, 0.25) is 0 Å². The van der Waals surface area contributed by atoms with Crippen molar-refractivity contribution in [3.8, 4) is 11.3 Å². The Morgan fingerprint density at radius 1 is 1.30 bits per heavy atom. The minimum Gasteiger partial charge on any atom is -0.256 e. The predicted molar refractivity (Wildman–Crippen MR) is 84.9 cm³/mol. The fourth-order valence-corrected chi connectivity index (χ4v) is 3.56. The summed E-state index contributed by atoms with van der Waals surface area (Å²) in [6, 6.07) is 10.9. The van der Waals surface area contributed by atoms with Crippen LogP contribution in [0.15, 0.2) is 49.2 Å². The van der Waals surface area contributed by atoms with Gasteiger partial charge < -0.3 is 0 Å². The number of aromatic nitrogens is 1. The van der Waals surface area contributed by atoms with E-state index in [4.69, 9.17) is 4.98 Å². The van der Waals surface area contributed by atoms with Crippen molar-refractivity contribution in [3.63, 3.8) is 0 Å². The minimum absolute atomic E-state index is 0.157. The largest absolute Gasteiger partial charge is 0.256 e. The third-order valence-corrected chi connectivity index (χ3v) is 4.77. The van der Waals surface area contributed by atoms with E-state index >= 15 is 0 Å². The first-order valence-corrected chi connectivity index (χ1v) is 7.37. The maximum Gasteiger partial charge on any atom is 0.0742 e. The molecule has 0 saturated carbocycles. The Hall–Kier alpha value is -1.89. The van der Waals surface area contributed by atoms with E-state index in [1.165, 1.54) is 27.9 Å². The zero-order valence-corrected chi connectivity index (χ0v) is 12.3. The Morgan fingerprint density at radius 3 is 2.90 bits per heavy atom. The number of pyridine rings is 1. The highest BCUT2D eigenvalue weighted by atomic mass is 14.7. The fraction of sp³-hybridized carbons (Fsp3) is 0.316. The molecule has 102 valence electrons. The molecule has 1 nitrogen and oxygen atoms in total. The monoisotopic (exact) mass is 263 g/mol. The molecule has 0 spiro atoms. The van der Waals surface area contributed by atoms with E-state index in [2.05, 4.69) is 56.8 Å². The van der Waals surface area contributed by atoms with Crippen LogP contribution in [-0.2, 0) is 11.8 Å². The highest BCUT2D eigenvalue weighted by molar-refractivity contribution is 5.73. The van der Waals surface area contributed by atoms with Gasteiger partial charge in [0.05, 0.1) is 5.69 Å². The Labute approximate surface area is 121 Å². The number of fused-ring (bicyclic) bond motifs is 3. The Kier molecular flexibility index (Phi) is 3.21. The molecule has 0 fully saturated rings. The molecule has 0 amide bonds. The molecule has 0 bridgehead atoms. The summed E-state index contributed by atoms with van der Waals surface area (Å²) in [6.07, 6.45) is 7.19. The molecule has 1 heterocycles. The van der Waals surface area contributed by atoms with Crippen LogP contribution in [0.4, 0.5) is 0 Å². The highest BCUT2D eigenvalue weighted by Gasteiger charge is 2.37. The molecule has 1 unspecified atom stereocenters. The van der Waals surface area contributed by atoms with Gasteiger partial charge in [-0.2, -0.15) is 0 Å². The lowest BCUT2D eigenvalue weighted by Gasteiger charge is -2.39. The van der Waals surface area contributed by atoms with Crippen molar-refractivity contribution in [2.45, 2.75) is 38.5 Å². The van der Waals surface area contributed by atoms with Gasteiger partial charge in [-0.05, 0) is 48.9 Å². The first kappa shape index (κ1) is 13.1. The topological polar surface area (TPSA) is 12.9 Å². The van der Waals surface area contributed by atoms with Crippen LogP contribution in [0.2, 0.25) is 0 Å². The number of hydrogen-bond acceptors (Lipinski definition) is 1. The van der Waals surface area contributed by atoms with E-state index in [0.717, 1.165) is 19.3 Å². The number of allylic oxidation sites excluding steroid dienone is 1. The van der Waals surface area contributed by atoms with Crippen molar-refractivity contribution < 1.29 is 0 Å². The van der Waals surface area contributed by atoms with Crippen molar-refractivity contribution in [2.24, 2.45) is 0 Å². The Morgan fingerprint density at radius 2 is 2.15 bits per heavy atom. The van der Waals surface area contributed by atoms with Gasteiger partial charge in [0, 0.05) is 17.2 Å². The van der Waals surface area contributed by atoms with E-state index in [0.29, 0.717) is 0 Å². The van der Waals surface area contributed by atoms with Crippen molar-refractivity contribution in [3.05, 3.63) is 65.9 Å². The molecular weight excluding hydrogens is 242 g/mol. The summed E-state index contributed by atoms with van der Waals surface area (Å²) in [5, 5.41) is 0. The van der Waals surface area contributed by atoms with Crippen LogP contribution in [0.1, 0.15) is 36.5 Å². The summed E-state index contributed by atoms with van der Waals surface area (Å²) in [5.74, 6) is 0. The summed E-state index contributed by atoms with van der Waals surface area (Å²) >= 11 is 0. The Balaban J connectivity index is 2.30. The molecule has 1 aliphatic carbocycles. The highest BCUT2D eigenvalue weighted by Crippen LogP contribution is 2.46. The second kappa shape index (κ2) is 4.90. The summed E-state index contributed by atoms with van der Waals surface area (Å²) < 4.78 is 0. The van der Waals surface area contributed by atoms with E-state index < -0.39 is 0 Å². The third kappa shape index (κ3) is 1.81. The molecule has 0 N–H and O–H groups in total. The summed E-state index contributed by atoms with van der Waals surface area (Å²) in [4.78, 5) is 4.69. The van der Waals surface area contributed by atoms with Gasteiger partial charge in [0.25, 0.3) is 0 Å². The number of aryl methyl sites for hydroxylation is 1. The number of hydrogen-bond donors (Lipinski definition) is 0. The summed E-state index contributed by atoms with van der Waals surface area (Å²) in [5.41, 5.74) is 6.86. The minimum atomic E-state index is 0.157. The lowest BCUT2D eigenvalue weighted by molar-refractivity contribution is 0.406. The van der Waals surface area contributed by atoms with E-state index in [1.807, 2.05) is 6.20 Å². The van der Waals surface area contributed by atoms with E-state index in [9.17, 15) is 0 Å². The van der Waals surface area contributed by atoms with Gasteiger partial charge in [-0.15, -0.1) is 6.58 Å². The molecule has 1 heteroatoms. The molecule has 1 aromatic carbocycles. The van der Waals surface area contributed by atoms with Gasteiger partial charge >= 0.3 is 0 Å².